The van der Waals surface area contributed by atoms with Gasteiger partial charge in [-0.2, -0.15) is 0 Å². The predicted octanol–water partition coefficient (Wildman–Crippen LogP) is 3.98. The summed E-state index contributed by atoms with van der Waals surface area (Å²) in [7, 11) is 2.25. The van der Waals surface area contributed by atoms with Crippen LogP contribution in [0.4, 0.5) is 5.82 Å². The van der Waals surface area contributed by atoms with Crippen molar-refractivity contribution in [2.45, 2.75) is 63.5 Å². The predicted molar refractivity (Wildman–Crippen MR) is 84.0 cm³/mol. The van der Waals surface area contributed by atoms with E-state index in [9.17, 15) is 0 Å². The Morgan fingerprint density at radius 2 is 1.90 bits per heavy atom. The zero-order valence-corrected chi connectivity index (χ0v) is 12.6. The number of likely N-dealkylation sites (tertiary alicyclic amines) is 1. The lowest BCUT2D eigenvalue weighted by Crippen LogP contribution is -2.31. The van der Waals surface area contributed by atoms with Gasteiger partial charge in [-0.25, -0.2) is 4.98 Å². The van der Waals surface area contributed by atoms with Gasteiger partial charge in [0, 0.05) is 23.8 Å². The van der Waals surface area contributed by atoms with Crippen LogP contribution < -0.4 is 5.32 Å². The highest BCUT2D eigenvalue weighted by Gasteiger charge is 2.24. The van der Waals surface area contributed by atoms with Crippen molar-refractivity contribution in [1.82, 2.24) is 9.88 Å². The molecule has 1 aromatic rings. The lowest BCUT2D eigenvalue weighted by atomic mass is 9.93. The fourth-order valence-corrected chi connectivity index (χ4v) is 3.72. The lowest BCUT2D eigenvalue weighted by Gasteiger charge is -2.34. The first-order valence-corrected chi connectivity index (χ1v) is 8.26. The molecule has 1 aromatic heterocycles. The molecule has 1 saturated carbocycles. The van der Waals surface area contributed by atoms with E-state index in [1.165, 1.54) is 63.5 Å². The number of aromatic nitrogens is 1. The maximum absolute atomic E-state index is 4.64. The Morgan fingerprint density at radius 1 is 1.10 bits per heavy atom. The maximum atomic E-state index is 4.64. The Morgan fingerprint density at radius 3 is 2.70 bits per heavy atom. The highest BCUT2D eigenvalue weighted by molar-refractivity contribution is 5.46. The monoisotopic (exact) mass is 273 g/mol. The fourth-order valence-electron chi connectivity index (χ4n) is 3.72. The van der Waals surface area contributed by atoms with E-state index in [2.05, 4.69) is 34.4 Å². The number of rotatable bonds is 3. The molecular formula is C17H27N3. The summed E-state index contributed by atoms with van der Waals surface area (Å²) in [6, 6.07) is 5.53. The second-order valence-corrected chi connectivity index (χ2v) is 6.41. The first-order chi connectivity index (χ1) is 9.84. The van der Waals surface area contributed by atoms with Crippen molar-refractivity contribution in [2.75, 3.05) is 18.9 Å². The molecule has 20 heavy (non-hydrogen) atoms. The number of piperidine rings is 1. The number of pyridine rings is 1. The van der Waals surface area contributed by atoms with Gasteiger partial charge in [-0.1, -0.05) is 31.7 Å². The van der Waals surface area contributed by atoms with Gasteiger partial charge in [0.25, 0.3) is 0 Å². The van der Waals surface area contributed by atoms with Crippen molar-refractivity contribution in [3.05, 3.63) is 23.9 Å². The first-order valence-electron chi connectivity index (χ1n) is 8.26. The van der Waals surface area contributed by atoms with E-state index < -0.39 is 0 Å². The standard InChI is InChI=1S/C17H27N3/c1-20-13-6-5-11-16(20)15-10-7-12-18-17(15)19-14-8-3-2-4-9-14/h7,10,12,14,16H,2-6,8-9,11,13H2,1H3,(H,18,19)/t16-/m1/s1. The van der Waals surface area contributed by atoms with E-state index in [0.717, 1.165) is 5.82 Å². The van der Waals surface area contributed by atoms with E-state index in [-0.39, 0.29) is 0 Å². The van der Waals surface area contributed by atoms with Gasteiger partial charge in [-0.05, 0) is 45.3 Å². The number of hydrogen-bond acceptors (Lipinski definition) is 3. The third-order valence-corrected chi connectivity index (χ3v) is 4.91. The highest BCUT2D eigenvalue weighted by atomic mass is 15.1. The van der Waals surface area contributed by atoms with Crippen LogP contribution in [0.2, 0.25) is 0 Å². The molecule has 2 fully saturated rings. The molecule has 0 unspecified atom stereocenters. The van der Waals surface area contributed by atoms with Gasteiger partial charge in [0.15, 0.2) is 0 Å². The Bertz CT molecular complexity index is 426. The van der Waals surface area contributed by atoms with Crippen LogP contribution in [0.25, 0.3) is 0 Å². The van der Waals surface area contributed by atoms with Crippen LogP contribution in [-0.4, -0.2) is 29.5 Å². The molecular weight excluding hydrogens is 246 g/mol. The van der Waals surface area contributed by atoms with Crippen LogP contribution in [0, 0.1) is 0 Å². The molecule has 0 bridgehead atoms. The quantitative estimate of drug-likeness (QED) is 0.902. The Kier molecular flexibility index (Phi) is 4.56. The Hall–Kier alpha value is -1.09. The molecule has 3 rings (SSSR count). The zero-order valence-electron chi connectivity index (χ0n) is 12.6. The maximum Gasteiger partial charge on any atom is 0.130 e. The van der Waals surface area contributed by atoms with Crippen molar-refractivity contribution < 1.29 is 0 Å². The van der Waals surface area contributed by atoms with E-state index in [4.69, 9.17) is 0 Å². The minimum atomic E-state index is 0.545. The third kappa shape index (κ3) is 3.14. The summed E-state index contributed by atoms with van der Waals surface area (Å²) in [5, 5.41) is 3.73. The minimum absolute atomic E-state index is 0.545. The first kappa shape index (κ1) is 13.9. The zero-order chi connectivity index (χ0) is 13.8. The average molecular weight is 273 g/mol. The molecule has 3 nitrogen and oxygen atoms in total. The summed E-state index contributed by atoms with van der Waals surface area (Å²) in [5.41, 5.74) is 1.40. The van der Waals surface area contributed by atoms with Crippen molar-refractivity contribution in [3.63, 3.8) is 0 Å². The molecule has 0 radical (unpaired) electrons. The van der Waals surface area contributed by atoms with Crippen LogP contribution >= 0.6 is 0 Å². The largest absolute Gasteiger partial charge is 0.367 e. The summed E-state index contributed by atoms with van der Waals surface area (Å²) in [4.78, 5) is 7.14. The van der Waals surface area contributed by atoms with E-state index in [0.29, 0.717) is 12.1 Å². The van der Waals surface area contributed by atoms with Gasteiger partial charge >= 0.3 is 0 Å². The molecule has 2 heterocycles. The van der Waals surface area contributed by atoms with E-state index in [1.54, 1.807) is 0 Å². The van der Waals surface area contributed by atoms with Crippen molar-refractivity contribution in [2.24, 2.45) is 0 Å². The topological polar surface area (TPSA) is 28.2 Å². The number of hydrogen-bond donors (Lipinski definition) is 1. The van der Waals surface area contributed by atoms with Gasteiger partial charge in [0.05, 0.1) is 0 Å². The van der Waals surface area contributed by atoms with Gasteiger partial charge in [0.2, 0.25) is 0 Å². The van der Waals surface area contributed by atoms with Crippen molar-refractivity contribution in [3.8, 4) is 0 Å². The minimum Gasteiger partial charge on any atom is -0.367 e. The van der Waals surface area contributed by atoms with Gasteiger partial charge in [-0.15, -0.1) is 0 Å². The summed E-state index contributed by atoms with van der Waals surface area (Å²) in [6.45, 7) is 1.21. The van der Waals surface area contributed by atoms with E-state index in [1.807, 2.05) is 6.20 Å². The van der Waals surface area contributed by atoms with Gasteiger partial charge in [0.1, 0.15) is 5.82 Å². The van der Waals surface area contributed by atoms with Crippen LogP contribution in [0.5, 0.6) is 0 Å². The Labute approximate surface area is 122 Å². The van der Waals surface area contributed by atoms with Gasteiger partial charge < -0.3 is 5.32 Å². The third-order valence-electron chi connectivity index (χ3n) is 4.91. The fraction of sp³-hybridized carbons (Fsp3) is 0.706. The van der Waals surface area contributed by atoms with Crippen LogP contribution in [0.3, 0.4) is 0 Å². The van der Waals surface area contributed by atoms with Gasteiger partial charge in [-0.3, -0.25) is 4.90 Å². The molecule has 1 N–H and O–H groups in total. The molecule has 1 atom stereocenters. The van der Waals surface area contributed by atoms with Crippen molar-refractivity contribution >= 4 is 5.82 Å². The molecule has 2 aliphatic rings. The molecule has 0 amide bonds. The summed E-state index contributed by atoms with van der Waals surface area (Å²) < 4.78 is 0. The second kappa shape index (κ2) is 6.57. The number of nitrogens with one attached hydrogen (secondary N) is 1. The van der Waals surface area contributed by atoms with Crippen LogP contribution in [0.15, 0.2) is 18.3 Å². The number of nitrogens with zero attached hydrogens (tertiary/aromatic N) is 2. The molecule has 1 saturated heterocycles. The second-order valence-electron chi connectivity index (χ2n) is 6.41. The molecule has 1 aliphatic heterocycles. The number of anilines is 1. The summed E-state index contributed by atoms with van der Waals surface area (Å²) in [6.07, 6.45) is 12.6. The SMILES string of the molecule is CN1CCCC[C@@H]1c1cccnc1NC1CCCCC1. The lowest BCUT2D eigenvalue weighted by molar-refractivity contribution is 0.187. The molecule has 0 spiro atoms. The summed E-state index contributed by atoms with van der Waals surface area (Å²) in [5.74, 6) is 1.14. The highest BCUT2D eigenvalue weighted by Crippen LogP contribution is 2.33. The average Bonchev–Trinajstić information content (AvgIpc) is 2.50. The van der Waals surface area contributed by atoms with Crippen LogP contribution in [-0.2, 0) is 0 Å². The summed E-state index contributed by atoms with van der Waals surface area (Å²) >= 11 is 0. The molecule has 110 valence electrons. The van der Waals surface area contributed by atoms with Crippen molar-refractivity contribution in [1.29, 1.82) is 0 Å². The molecule has 1 aliphatic carbocycles. The molecule has 3 heteroatoms. The smallest absolute Gasteiger partial charge is 0.130 e. The van der Waals surface area contributed by atoms with Crippen LogP contribution in [0.1, 0.15) is 63.0 Å². The molecule has 0 aromatic carbocycles. The van der Waals surface area contributed by atoms with E-state index >= 15 is 0 Å². The Balaban J connectivity index is 1.76. The normalized spacial score (nSPS) is 25.6.